The van der Waals surface area contributed by atoms with Gasteiger partial charge in [0.05, 0.1) is 5.56 Å². The van der Waals surface area contributed by atoms with Gasteiger partial charge in [-0.3, -0.25) is 0 Å². The minimum Gasteiger partial charge on any atom is -0.242 e. The second-order valence-corrected chi connectivity index (χ2v) is 6.01. The Morgan fingerprint density at radius 1 is 0.885 bits per heavy atom. The van der Waals surface area contributed by atoms with Crippen molar-refractivity contribution >= 4 is 12.2 Å². The lowest BCUT2D eigenvalue weighted by Crippen LogP contribution is -1.96. The van der Waals surface area contributed by atoms with E-state index in [1.54, 1.807) is 30.3 Å². The van der Waals surface area contributed by atoms with Crippen LogP contribution in [0.15, 0.2) is 72.8 Å². The van der Waals surface area contributed by atoms with E-state index in [2.05, 4.69) is 0 Å². The van der Waals surface area contributed by atoms with Crippen molar-refractivity contribution in [2.45, 2.75) is 12.6 Å². The van der Waals surface area contributed by atoms with Crippen molar-refractivity contribution in [1.82, 2.24) is 0 Å². The summed E-state index contributed by atoms with van der Waals surface area (Å²) in [6.45, 7) is 0. The minimum absolute atomic E-state index is 0.0331. The molecule has 3 heteroatoms. The third kappa shape index (κ3) is 4.43. The van der Waals surface area contributed by atoms with Gasteiger partial charge < -0.3 is 0 Å². The number of benzene rings is 3. The molecule has 3 aromatic rings. The van der Waals surface area contributed by atoms with Crippen molar-refractivity contribution in [3.8, 4) is 6.07 Å². The average molecular weight is 345 g/mol. The second kappa shape index (κ2) is 8.22. The van der Waals surface area contributed by atoms with Crippen LogP contribution in [0.1, 0.15) is 34.0 Å². The molecule has 128 valence electrons. The Bertz CT molecular complexity index is 938. The van der Waals surface area contributed by atoms with Gasteiger partial charge in [0.1, 0.15) is 18.1 Å². The van der Waals surface area contributed by atoms with Gasteiger partial charge in [-0.05, 0) is 34.4 Å². The Morgan fingerprint density at radius 2 is 1.54 bits per heavy atom. The number of nitriles is 1. The Morgan fingerprint density at radius 3 is 2.19 bits per heavy atom. The number of rotatable bonds is 5. The van der Waals surface area contributed by atoms with Gasteiger partial charge in [0, 0.05) is 6.42 Å². The zero-order chi connectivity index (χ0) is 18.4. The molecule has 1 nitrogen and oxygen atoms in total. The molecular formula is C23H17F2N. The normalized spacial score (nSPS) is 12.0. The number of hydrogen-bond donors (Lipinski definition) is 0. The van der Waals surface area contributed by atoms with E-state index in [9.17, 15) is 8.78 Å². The van der Waals surface area contributed by atoms with Crippen LogP contribution in [0.2, 0.25) is 0 Å². The van der Waals surface area contributed by atoms with Gasteiger partial charge in [-0.2, -0.15) is 5.26 Å². The highest BCUT2D eigenvalue weighted by Gasteiger charge is 2.09. The molecule has 3 rings (SSSR count). The molecule has 0 saturated heterocycles. The topological polar surface area (TPSA) is 23.8 Å². The fraction of sp³-hybridized carbons (Fsp3) is 0.0870. The summed E-state index contributed by atoms with van der Waals surface area (Å²) in [7, 11) is 0. The lowest BCUT2D eigenvalue weighted by molar-refractivity contribution is 0.342. The molecule has 0 heterocycles. The predicted octanol–water partition coefficient (Wildman–Crippen LogP) is 6.12. The van der Waals surface area contributed by atoms with Gasteiger partial charge in [-0.15, -0.1) is 0 Å². The first-order chi connectivity index (χ1) is 12.7. The van der Waals surface area contributed by atoms with Crippen molar-refractivity contribution in [3.63, 3.8) is 0 Å². The minimum atomic E-state index is -1.03. The fourth-order valence-electron chi connectivity index (χ4n) is 2.67. The van der Waals surface area contributed by atoms with E-state index in [0.29, 0.717) is 17.5 Å². The molecule has 26 heavy (non-hydrogen) atoms. The third-order valence-electron chi connectivity index (χ3n) is 4.14. The SMILES string of the molecule is N#Cc1ccc(C=Cc2ccc(C[C@@H](F)c3ccccc3)cc2)cc1F. The molecule has 0 amide bonds. The summed E-state index contributed by atoms with van der Waals surface area (Å²) in [6, 6.07) is 23.0. The zero-order valence-corrected chi connectivity index (χ0v) is 14.1. The fourth-order valence-corrected chi connectivity index (χ4v) is 2.67. The molecule has 0 aliphatic rings. The summed E-state index contributed by atoms with van der Waals surface area (Å²) in [5, 5.41) is 8.74. The predicted molar refractivity (Wildman–Crippen MR) is 100 cm³/mol. The van der Waals surface area contributed by atoms with Crippen molar-refractivity contribution in [2.75, 3.05) is 0 Å². The molecule has 0 saturated carbocycles. The van der Waals surface area contributed by atoms with Crippen LogP contribution in [0.5, 0.6) is 0 Å². The third-order valence-corrected chi connectivity index (χ3v) is 4.14. The smallest absolute Gasteiger partial charge is 0.141 e. The molecule has 0 N–H and O–H groups in total. The number of nitrogens with zero attached hydrogens (tertiary/aromatic N) is 1. The van der Waals surface area contributed by atoms with Gasteiger partial charge in [-0.25, -0.2) is 8.78 Å². The molecule has 0 radical (unpaired) electrons. The molecule has 0 aliphatic carbocycles. The quantitative estimate of drug-likeness (QED) is 0.511. The zero-order valence-electron chi connectivity index (χ0n) is 14.1. The standard InChI is InChI=1S/C23H17F2N/c24-22(20-4-2-1-3-5-20)14-18-9-6-17(7-10-18)8-11-19-12-13-21(16-26)23(25)15-19/h1-13,15,22H,14H2/t22-/m1/s1. The lowest BCUT2D eigenvalue weighted by Gasteiger charge is -2.08. The van der Waals surface area contributed by atoms with E-state index in [0.717, 1.165) is 11.1 Å². The Labute approximate surface area is 151 Å². The first-order valence-electron chi connectivity index (χ1n) is 8.31. The highest BCUT2D eigenvalue weighted by molar-refractivity contribution is 5.70. The summed E-state index contributed by atoms with van der Waals surface area (Å²) >= 11 is 0. The van der Waals surface area contributed by atoms with E-state index in [1.165, 1.54) is 12.1 Å². The van der Waals surface area contributed by atoms with E-state index in [-0.39, 0.29) is 5.56 Å². The first kappa shape index (κ1) is 17.6. The summed E-state index contributed by atoms with van der Waals surface area (Å²) in [4.78, 5) is 0. The first-order valence-corrected chi connectivity index (χ1v) is 8.31. The molecule has 1 atom stereocenters. The van der Waals surface area contributed by atoms with Crippen LogP contribution >= 0.6 is 0 Å². The molecule has 0 aromatic heterocycles. The van der Waals surface area contributed by atoms with Crippen LogP contribution < -0.4 is 0 Å². The molecule has 0 aliphatic heterocycles. The van der Waals surface area contributed by atoms with Crippen LogP contribution in [0.25, 0.3) is 12.2 Å². The van der Waals surface area contributed by atoms with Gasteiger partial charge in [0.15, 0.2) is 0 Å². The Kier molecular flexibility index (Phi) is 5.56. The highest BCUT2D eigenvalue weighted by Crippen LogP contribution is 2.22. The number of alkyl halides is 1. The van der Waals surface area contributed by atoms with Crippen LogP contribution in [-0.2, 0) is 6.42 Å². The monoisotopic (exact) mass is 345 g/mol. The summed E-state index contributed by atoms with van der Waals surface area (Å²) in [5.74, 6) is -0.528. The van der Waals surface area contributed by atoms with Crippen LogP contribution in [-0.4, -0.2) is 0 Å². The Hall–Kier alpha value is -3.25. The van der Waals surface area contributed by atoms with E-state index in [1.807, 2.05) is 48.5 Å². The van der Waals surface area contributed by atoms with Crippen LogP contribution in [0, 0.1) is 17.1 Å². The average Bonchev–Trinajstić information content (AvgIpc) is 2.68. The summed E-state index contributed by atoms with van der Waals surface area (Å²) in [6.07, 6.45) is 2.93. The van der Waals surface area contributed by atoms with Gasteiger partial charge in [-0.1, -0.05) is 72.8 Å². The van der Waals surface area contributed by atoms with E-state index >= 15 is 0 Å². The van der Waals surface area contributed by atoms with Gasteiger partial charge in [0.2, 0.25) is 0 Å². The second-order valence-electron chi connectivity index (χ2n) is 6.01. The molecular weight excluding hydrogens is 328 g/mol. The van der Waals surface area contributed by atoms with Gasteiger partial charge >= 0.3 is 0 Å². The number of halogens is 2. The van der Waals surface area contributed by atoms with Crippen molar-refractivity contribution in [3.05, 3.63) is 106 Å². The molecule has 0 fully saturated rings. The van der Waals surface area contributed by atoms with Crippen LogP contribution in [0.4, 0.5) is 8.78 Å². The molecule has 0 unspecified atom stereocenters. The maximum atomic E-state index is 14.3. The maximum Gasteiger partial charge on any atom is 0.141 e. The summed E-state index contributed by atoms with van der Waals surface area (Å²) < 4.78 is 27.9. The molecule has 0 spiro atoms. The Balaban J connectivity index is 1.66. The van der Waals surface area contributed by atoms with E-state index in [4.69, 9.17) is 5.26 Å². The molecule has 0 bridgehead atoms. The molecule has 3 aromatic carbocycles. The van der Waals surface area contributed by atoms with Crippen molar-refractivity contribution < 1.29 is 8.78 Å². The largest absolute Gasteiger partial charge is 0.242 e. The number of hydrogen-bond acceptors (Lipinski definition) is 1. The lowest BCUT2D eigenvalue weighted by atomic mass is 10.0. The van der Waals surface area contributed by atoms with Crippen molar-refractivity contribution in [1.29, 1.82) is 5.26 Å². The highest BCUT2D eigenvalue weighted by atomic mass is 19.1. The van der Waals surface area contributed by atoms with Crippen molar-refractivity contribution in [2.24, 2.45) is 0 Å². The summed E-state index contributed by atoms with van der Waals surface area (Å²) in [5.41, 5.74) is 3.25. The maximum absolute atomic E-state index is 14.3. The van der Waals surface area contributed by atoms with E-state index < -0.39 is 12.0 Å². The van der Waals surface area contributed by atoms with Crippen LogP contribution in [0.3, 0.4) is 0 Å². The van der Waals surface area contributed by atoms with Gasteiger partial charge in [0.25, 0.3) is 0 Å².